The number of hydrogen-bond acceptors (Lipinski definition) is 2. The SMILES string of the molecule is NC(=Nc1ccccc1)N1CCN(CC2CC2)CC1. The Bertz CT molecular complexity index is 431. The van der Waals surface area contributed by atoms with Gasteiger partial charge in [0.05, 0.1) is 5.69 Å². The van der Waals surface area contributed by atoms with Gasteiger partial charge in [-0.05, 0) is 30.9 Å². The molecule has 0 radical (unpaired) electrons. The van der Waals surface area contributed by atoms with Crippen LogP contribution in [0.25, 0.3) is 0 Å². The molecule has 4 heteroatoms. The van der Waals surface area contributed by atoms with Crippen molar-refractivity contribution in [2.45, 2.75) is 12.8 Å². The fourth-order valence-corrected chi connectivity index (χ4v) is 2.53. The highest BCUT2D eigenvalue weighted by molar-refractivity contribution is 5.81. The predicted octanol–water partition coefficient (Wildman–Crippen LogP) is 1.66. The molecule has 0 atom stereocenters. The van der Waals surface area contributed by atoms with Crippen molar-refractivity contribution in [3.63, 3.8) is 0 Å². The summed E-state index contributed by atoms with van der Waals surface area (Å²) in [6.45, 7) is 5.50. The Hall–Kier alpha value is -1.55. The summed E-state index contributed by atoms with van der Waals surface area (Å²) < 4.78 is 0. The van der Waals surface area contributed by atoms with Crippen LogP contribution in [-0.4, -0.2) is 48.5 Å². The third kappa shape index (κ3) is 3.47. The molecule has 19 heavy (non-hydrogen) atoms. The van der Waals surface area contributed by atoms with Crippen molar-refractivity contribution in [2.24, 2.45) is 16.6 Å². The summed E-state index contributed by atoms with van der Waals surface area (Å²) in [6.07, 6.45) is 2.86. The van der Waals surface area contributed by atoms with E-state index >= 15 is 0 Å². The van der Waals surface area contributed by atoms with Gasteiger partial charge in [-0.25, -0.2) is 4.99 Å². The van der Waals surface area contributed by atoms with Gasteiger partial charge < -0.3 is 10.6 Å². The molecule has 102 valence electrons. The number of piperazine rings is 1. The number of guanidine groups is 1. The van der Waals surface area contributed by atoms with Crippen LogP contribution in [0.5, 0.6) is 0 Å². The Balaban J connectivity index is 1.53. The zero-order chi connectivity index (χ0) is 13.1. The van der Waals surface area contributed by atoms with Gasteiger partial charge >= 0.3 is 0 Å². The van der Waals surface area contributed by atoms with Gasteiger partial charge in [-0.1, -0.05) is 18.2 Å². The zero-order valence-electron chi connectivity index (χ0n) is 11.3. The highest BCUT2D eigenvalue weighted by atomic mass is 15.3. The second kappa shape index (κ2) is 5.61. The molecule has 1 saturated heterocycles. The van der Waals surface area contributed by atoms with E-state index in [0.717, 1.165) is 37.8 Å². The maximum atomic E-state index is 6.10. The van der Waals surface area contributed by atoms with Gasteiger partial charge in [-0.2, -0.15) is 0 Å². The molecule has 0 amide bonds. The van der Waals surface area contributed by atoms with E-state index in [1.54, 1.807) is 0 Å². The number of benzene rings is 1. The van der Waals surface area contributed by atoms with Crippen molar-refractivity contribution in [2.75, 3.05) is 32.7 Å². The Morgan fingerprint density at radius 2 is 1.79 bits per heavy atom. The van der Waals surface area contributed by atoms with Crippen LogP contribution >= 0.6 is 0 Å². The molecule has 3 rings (SSSR count). The molecule has 1 aromatic rings. The molecule has 1 aromatic carbocycles. The first-order valence-electron chi connectivity index (χ1n) is 7.18. The molecule has 0 spiro atoms. The molecule has 1 aliphatic heterocycles. The van der Waals surface area contributed by atoms with Crippen molar-refractivity contribution in [1.82, 2.24) is 9.80 Å². The van der Waals surface area contributed by atoms with Gasteiger partial charge in [-0.15, -0.1) is 0 Å². The molecule has 0 bridgehead atoms. The first-order chi connectivity index (χ1) is 9.31. The van der Waals surface area contributed by atoms with Crippen LogP contribution in [0.1, 0.15) is 12.8 Å². The van der Waals surface area contributed by atoms with Crippen molar-refractivity contribution >= 4 is 11.6 Å². The smallest absolute Gasteiger partial charge is 0.196 e. The van der Waals surface area contributed by atoms with Crippen LogP contribution in [0.15, 0.2) is 35.3 Å². The van der Waals surface area contributed by atoms with E-state index in [4.69, 9.17) is 5.73 Å². The van der Waals surface area contributed by atoms with E-state index < -0.39 is 0 Å². The zero-order valence-corrected chi connectivity index (χ0v) is 11.3. The van der Waals surface area contributed by atoms with Crippen LogP contribution < -0.4 is 5.73 Å². The van der Waals surface area contributed by atoms with Crippen LogP contribution in [0.3, 0.4) is 0 Å². The van der Waals surface area contributed by atoms with Crippen LogP contribution in [0.2, 0.25) is 0 Å². The summed E-state index contributed by atoms with van der Waals surface area (Å²) in [4.78, 5) is 9.23. The van der Waals surface area contributed by atoms with E-state index in [1.807, 2.05) is 30.3 Å². The minimum absolute atomic E-state index is 0.650. The number of nitrogens with zero attached hydrogens (tertiary/aromatic N) is 3. The lowest BCUT2D eigenvalue weighted by atomic mass is 10.3. The summed E-state index contributed by atoms with van der Waals surface area (Å²) >= 11 is 0. The molecule has 2 fully saturated rings. The first-order valence-corrected chi connectivity index (χ1v) is 7.18. The van der Waals surface area contributed by atoms with E-state index in [0.29, 0.717) is 5.96 Å². The summed E-state index contributed by atoms with van der Waals surface area (Å²) in [7, 11) is 0. The van der Waals surface area contributed by atoms with Gasteiger partial charge in [0.1, 0.15) is 0 Å². The molecule has 2 N–H and O–H groups in total. The van der Waals surface area contributed by atoms with Gasteiger partial charge in [-0.3, -0.25) is 4.90 Å². The van der Waals surface area contributed by atoms with E-state index in [1.165, 1.54) is 19.4 Å². The summed E-state index contributed by atoms with van der Waals surface area (Å²) in [5.74, 6) is 1.62. The minimum Gasteiger partial charge on any atom is -0.369 e. The number of aliphatic imine (C=N–C) groups is 1. The maximum Gasteiger partial charge on any atom is 0.196 e. The second-order valence-corrected chi connectivity index (χ2v) is 5.54. The Kier molecular flexibility index (Phi) is 3.69. The van der Waals surface area contributed by atoms with Crippen molar-refractivity contribution < 1.29 is 0 Å². The van der Waals surface area contributed by atoms with Crippen molar-refractivity contribution in [3.05, 3.63) is 30.3 Å². The average molecular weight is 258 g/mol. The van der Waals surface area contributed by atoms with Gasteiger partial charge in [0.25, 0.3) is 0 Å². The molecule has 2 aliphatic rings. The fraction of sp³-hybridized carbons (Fsp3) is 0.533. The van der Waals surface area contributed by atoms with E-state index in [2.05, 4.69) is 14.8 Å². The fourth-order valence-electron chi connectivity index (χ4n) is 2.53. The van der Waals surface area contributed by atoms with Gasteiger partial charge in [0.2, 0.25) is 0 Å². The topological polar surface area (TPSA) is 44.9 Å². The number of hydrogen-bond donors (Lipinski definition) is 1. The van der Waals surface area contributed by atoms with Crippen LogP contribution in [0.4, 0.5) is 5.69 Å². The number of nitrogens with two attached hydrogens (primary N) is 1. The van der Waals surface area contributed by atoms with Crippen molar-refractivity contribution in [3.8, 4) is 0 Å². The molecule has 4 nitrogen and oxygen atoms in total. The minimum atomic E-state index is 0.650. The number of rotatable bonds is 3. The maximum absolute atomic E-state index is 6.10. The summed E-state index contributed by atoms with van der Waals surface area (Å²) in [6, 6.07) is 9.93. The summed E-state index contributed by atoms with van der Waals surface area (Å²) in [5, 5.41) is 0. The molecule has 0 unspecified atom stereocenters. The highest BCUT2D eigenvalue weighted by Gasteiger charge is 2.26. The quantitative estimate of drug-likeness (QED) is 0.662. The van der Waals surface area contributed by atoms with Crippen LogP contribution in [0, 0.1) is 5.92 Å². The summed E-state index contributed by atoms with van der Waals surface area (Å²) in [5.41, 5.74) is 7.03. The second-order valence-electron chi connectivity index (χ2n) is 5.54. The first kappa shape index (κ1) is 12.5. The Morgan fingerprint density at radius 1 is 1.11 bits per heavy atom. The predicted molar refractivity (Wildman–Crippen MR) is 78.5 cm³/mol. The largest absolute Gasteiger partial charge is 0.369 e. The lowest BCUT2D eigenvalue weighted by molar-refractivity contribution is 0.175. The molecule has 1 saturated carbocycles. The van der Waals surface area contributed by atoms with Gasteiger partial charge in [0.15, 0.2) is 5.96 Å². The molecule has 0 aromatic heterocycles. The molecular weight excluding hydrogens is 236 g/mol. The number of para-hydroxylation sites is 1. The Morgan fingerprint density at radius 3 is 2.42 bits per heavy atom. The van der Waals surface area contributed by atoms with E-state index in [9.17, 15) is 0 Å². The highest BCUT2D eigenvalue weighted by Crippen LogP contribution is 2.29. The lowest BCUT2D eigenvalue weighted by Gasteiger charge is -2.35. The average Bonchev–Trinajstić information content (AvgIpc) is 3.25. The normalized spacial score (nSPS) is 21.7. The van der Waals surface area contributed by atoms with Crippen LogP contribution in [-0.2, 0) is 0 Å². The molecule has 1 aliphatic carbocycles. The third-order valence-electron chi connectivity index (χ3n) is 3.91. The Labute approximate surface area is 114 Å². The van der Waals surface area contributed by atoms with E-state index in [-0.39, 0.29) is 0 Å². The molecule has 1 heterocycles. The standard InChI is InChI=1S/C15H22N4/c16-15(17-14-4-2-1-3-5-14)19-10-8-18(9-11-19)12-13-6-7-13/h1-5,13H,6-12H2,(H2,16,17). The third-order valence-corrected chi connectivity index (χ3v) is 3.91. The lowest BCUT2D eigenvalue weighted by Crippen LogP contribution is -2.51. The monoisotopic (exact) mass is 258 g/mol. The van der Waals surface area contributed by atoms with Gasteiger partial charge in [0, 0.05) is 32.7 Å². The molecular formula is C15H22N4. The van der Waals surface area contributed by atoms with Crippen molar-refractivity contribution in [1.29, 1.82) is 0 Å².